The van der Waals surface area contributed by atoms with Crippen LogP contribution in [-0.2, 0) is 0 Å². The van der Waals surface area contributed by atoms with Gasteiger partial charge in [-0.1, -0.05) is 23.7 Å². The molecule has 1 aliphatic heterocycles. The normalized spacial score (nSPS) is 18.0. The SMILES string of the molecule is O=C(O)c1cc(C(=O)N2CCCCC2c2ccc(Cl)cc2)n[nH]1. The Hall–Kier alpha value is -2.34. The standard InChI is InChI=1S/C16H16ClN3O3/c17-11-6-4-10(5-7-11)14-3-1-2-8-20(14)15(21)12-9-13(16(22)23)19-18-12/h4-7,9,14H,1-3,8H2,(H,18,19)(H,22,23). The predicted octanol–water partition coefficient (Wildman–Crippen LogP) is 3.13. The van der Waals surface area contributed by atoms with Gasteiger partial charge in [-0.3, -0.25) is 9.89 Å². The molecule has 1 amide bonds. The number of nitrogens with zero attached hydrogens (tertiary/aromatic N) is 2. The number of carbonyl (C=O) groups excluding carboxylic acids is 1. The fourth-order valence-electron chi connectivity index (χ4n) is 2.89. The Morgan fingerprint density at radius 3 is 2.65 bits per heavy atom. The number of aromatic nitrogens is 2. The van der Waals surface area contributed by atoms with E-state index >= 15 is 0 Å². The van der Waals surface area contributed by atoms with Crippen molar-refractivity contribution in [2.45, 2.75) is 25.3 Å². The molecule has 0 bridgehead atoms. The maximum absolute atomic E-state index is 12.7. The fourth-order valence-corrected chi connectivity index (χ4v) is 3.02. The van der Waals surface area contributed by atoms with Crippen LogP contribution in [0.15, 0.2) is 30.3 Å². The number of piperidine rings is 1. The van der Waals surface area contributed by atoms with Gasteiger partial charge in [-0.2, -0.15) is 5.10 Å². The minimum Gasteiger partial charge on any atom is -0.477 e. The average Bonchev–Trinajstić information content (AvgIpc) is 3.05. The summed E-state index contributed by atoms with van der Waals surface area (Å²) in [6, 6.07) is 8.70. The van der Waals surface area contributed by atoms with E-state index in [1.54, 1.807) is 4.90 Å². The second-order valence-electron chi connectivity index (χ2n) is 5.53. The van der Waals surface area contributed by atoms with Crippen molar-refractivity contribution < 1.29 is 14.7 Å². The van der Waals surface area contributed by atoms with E-state index < -0.39 is 5.97 Å². The maximum Gasteiger partial charge on any atom is 0.353 e. The van der Waals surface area contributed by atoms with Crippen LogP contribution in [0, 0.1) is 0 Å². The van der Waals surface area contributed by atoms with Crippen molar-refractivity contribution in [1.29, 1.82) is 0 Å². The number of amides is 1. The van der Waals surface area contributed by atoms with Crippen LogP contribution in [-0.4, -0.2) is 38.6 Å². The number of hydrogen-bond acceptors (Lipinski definition) is 3. The van der Waals surface area contributed by atoms with E-state index in [9.17, 15) is 9.59 Å². The zero-order valence-electron chi connectivity index (χ0n) is 12.3. The largest absolute Gasteiger partial charge is 0.477 e. The highest BCUT2D eigenvalue weighted by Gasteiger charge is 2.30. The van der Waals surface area contributed by atoms with Gasteiger partial charge >= 0.3 is 5.97 Å². The van der Waals surface area contributed by atoms with Crippen LogP contribution in [0.2, 0.25) is 5.02 Å². The zero-order valence-corrected chi connectivity index (χ0v) is 13.1. The number of hydrogen-bond donors (Lipinski definition) is 2. The van der Waals surface area contributed by atoms with Gasteiger partial charge in [0, 0.05) is 17.6 Å². The van der Waals surface area contributed by atoms with Crippen molar-refractivity contribution in [2.24, 2.45) is 0 Å². The van der Waals surface area contributed by atoms with Crippen molar-refractivity contribution in [1.82, 2.24) is 15.1 Å². The smallest absolute Gasteiger partial charge is 0.353 e. The number of aromatic carboxylic acids is 1. The average molecular weight is 334 g/mol. The molecule has 1 unspecified atom stereocenters. The van der Waals surface area contributed by atoms with Gasteiger partial charge < -0.3 is 10.0 Å². The van der Waals surface area contributed by atoms with Gasteiger partial charge in [-0.25, -0.2) is 4.79 Å². The summed E-state index contributed by atoms with van der Waals surface area (Å²) in [7, 11) is 0. The van der Waals surface area contributed by atoms with E-state index in [4.69, 9.17) is 16.7 Å². The summed E-state index contributed by atoms with van der Waals surface area (Å²) in [4.78, 5) is 25.4. The maximum atomic E-state index is 12.7. The number of rotatable bonds is 3. The summed E-state index contributed by atoms with van der Waals surface area (Å²) in [5, 5.41) is 15.8. The molecule has 0 spiro atoms. The van der Waals surface area contributed by atoms with Crippen LogP contribution in [0.4, 0.5) is 0 Å². The first-order chi connectivity index (χ1) is 11.1. The Morgan fingerprint density at radius 2 is 2.00 bits per heavy atom. The predicted molar refractivity (Wildman–Crippen MR) is 84.6 cm³/mol. The third kappa shape index (κ3) is 3.22. The Balaban J connectivity index is 1.86. The molecule has 3 rings (SSSR count). The van der Waals surface area contributed by atoms with E-state index in [1.165, 1.54) is 6.07 Å². The van der Waals surface area contributed by atoms with Gasteiger partial charge in [0.25, 0.3) is 5.91 Å². The molecule has 1 saturated heterocycles. The second kappa shape index (κ2) is 6.42. The number of halogens is 1. The van der Waals surface area contributed by atoms with E-state index in [0.717, 1.165) is 24.8 Å². The summed E-state index contributed by atoms with van der Waals surface area (Å²) in [5.41, 5.74) is 1.06. The van der Waals surface area contributed by atoms with Crippen LogP contribution in [0.3, 0.4) is 0 Å². The minimum absolute atomic E-state index is 0.0431. The number of carboxylic acids is 1. The lowest BCUT2D eigenvalue weighted by molar-refractivity contribution is 0.0605. The van der Waals surface area contributed by atoms with Crippen LogP contribution in [0.1, 0.15) is 51.8 Å². The molecule has 2 aromatic rings. The molecule has 23 heavy (non-hydrogen) atoms. The van der Waals surface area contributed by atoms with E-state index in [-0.39, 0.29) is 23.3 Å². The Morgan fingerprint density at radius 1 is 1.26 bits per heavy atom. The number of aromatic amines is 1. The number of nitrogens with one attached hydrogen (secondary N) is 1. The van der Waals surface area contributed by atoms with Crippen molar-refractivity contribution in [3.63, 3.8) is 0 Å². The Kier molecular flexibility index (Phi) is 4.34. The van der Waals surface area contributed by atoms with Crippen molar-refractivity contribution in [3.8, 4) is 0 Å². The molecular weight excluding hydrogens is 318 g/mol. The van der Waals surface area contributed by atoms with E-state index in [2.05, 4.69) is 10.2 Å². The monoisotopic (exact) mass is 333 g/mol. The molecule has 0 aliphatic carbocycles. The molecule has 1 aliphatic rings. The molecule has 2 heterocycles. The first-order valence-electron chi connectivity index (χ1n) is 7.41. The van der Waals surface area contributed by atoms with Gasteiger partial charge in [0.05, 0.1) is 6.04 Å². The highest BCUT2D eigenvalue weighted by Crippen LogP contribution is 2.32. The summed E-state index contributed by atoms with van der Waals surface area (Å²) >= 11 is 5.93. The highest BCUT2D eigenvalue weighted by atomic mass is 35.5. The minimum atomic E-state index is -1.13. The van der Waals surface area contributed by atoms with Gasteiger partial charge in [0.15, 0.2) is 5.69 Å². The number of benzene rings is 1. The lowest BCUT2D eigenvalue weighted by Gasteiger charge is -2.35. The molecule has 0 radical (unpaired) electrons. The molecule has 120 valence electrons. The van der Waals surface area contributed by atoms with Crippen LogP contribution in [0.25, 0.3) is 0 Å². The molecular formula is C16H16ClN3O3. The number of likely N-dealkylation sites (tertiary alicyclic amines) is 1. The fraction of sp³-hybridized carbons (Fsp3) is 0.312. The van der Waals surface area contributed by atoms with Gasteiger partial charge in [0.1, 0.15) is 5.69 Å². The molecule has 7 heteroatoms. The van der Waals surface area contributed by atoms with E-state index in [0.29, 0.717) is 11.6 Å². The summed E-state index contributed by atoms with van der Waals surface area (Å²) in [6.07, 6.45) is 2.83. The third-order valence-corrected chi connectivity index (χ3v) is 4.30. The molecule has 1 fully saturated rings. The first-order valence-corrected chi connectivity index (χ1v) is 7.79. The Labute approximate surface area is 138 Å². The number of carbonyl (C=O) groups is 2. The van der Waals surface area contributed by atoms with Gasteiger partial charge in [-0.15, -0.1) is 0 Å². The summed E-state index contributed by atoms with van der Waals surface area (Å²) in [6.45, 7) is 0.626. The number of carboxylic acid groups (broad SMARTS) is 1. The molecule has 0 saturated carbocycles. The quantitative estimate of drug-likeness (QED) is 0.903. The van der Waals surface area contributed by atoms with E-state index in [1.807, 2.05) is 24.3 Å². The molecule has 1 aromatic carbocycles. The molecule has 6 nitrogen and oxygen atoms in total. The highest BCUT2D eigenvalue weighted by molar-refractivity contribution is 6.30. The first kappa shape index (κ1) is 15.6. The number of H-pyrrole nitrogens is 1. The van der Waals surface area contributed by atoms with Crippen molar-refractivity contribution in [2.75, 3.05) is 6.54 Å². The molecule has 2 N–H and O–H groups in total. The lowest BCUT2D eigenvalue weighted by Crippen LogP contribution is -2.38. The summed E-state index contributed by atoms with van der Waals surface area (Å²) in [5.74, 6) is -1.39. The van der Waals surface area contributed by atoms with Crippen LogP contribution < -0.4 is 0 Å². The Bertz CT molecular complexity index is 726. The molecule has 1 aromatic heterocycles. The third-order valence-electron chi connectivity index (χ3n) is 4.05. The van der Waals surface area contributed by atoms with Crippen molar-refractivity contribution in [3.05, 3.63) is 52.3 Å². The topological polar surface area (TPSA) is 86.3 Å². The van der Waals surface area contributed by atoms with Crippen LogP contribution in [0.5, 0.6) is 0 Å². The second-order valence-corrected chi connectivity index (χ2v) is 5.97. The van der Waals surface area contributed by atoms with Crippen LogP contribution >= 0.6 is 11.6 Å². The van der Waals surface area contributed by atoms with Gasteiger partial charge in [-0.05, 0) is 37.0 Å². The van der Waals surface area contributed by atoms with Gasteiger partial charge in [0.2, 0.25) is 0 Å². The summed E-state index contributed by atoms with van der Waals surface area (Å²) < 4.78 is 0. The lowest BCUT2D eigenvalue weighted by atomic mass is 9.95. The zero-order chi connectivity index (χ0) is 16.4. The van der Waals surface area contributed by atoms with Crippen molar-refractivity contribution >= 4 is 23.5 Å². The molecule has 1 atom stereocenters.